The first kappa shape index (κ1) is 19.9. The van der Waals surface area contributed by atoms with Crippen molar-refractivity contribution < 1.29 is 14.3 Å². The third-order valence-corrected chi connectivity index (χ3v) is 4.28. The molecule has 0 aromatic rings. The Morgan fingerprint density at radius 3 is 2.50 bits per heavy atom. The van der Waals surface area contributed by atoms with E-state index in [0.717, 1.165) is 11.1 Å². The second kappa shape index (κ2) is 9.21. The van der Waals surface area contributed by atoms with Gasteiger partial charge in [-0.15, -0.1) is 0 Å². The average Bonchev–Trinajstić information content (AvgIpc) is 2.46. The van der Waals surface area contributed by atoms with Crippen LogP contribution in [0, 0.1) is 5.41 Å². The third kappa shape index (κ3) is 6.53. The SMILES string of the molecule is CC1=C(/C=C/C(C)=C/C=C/C(C)=C/C(=O)OC=O)C(C)(C)CCC1. The van der Waals surface area contributed by atoms with Crippen LogP contribution in [0.5, 0.6) is 0 Å². The summed E-state index contributed by atoms with van der Waals surface area (Å²) in [5.74, 6) is -0.658. The van der Waals surface area contributed by atoms with Crippen molar-refractivity contribution in [2.75, 3.05) is 0 Å². The molecule has 3 heteroatoms. The summed E-state index contributed by atoms with van der Waals surface area (Å²) in [6.45, 7) is 10.8. The molecule has 0 atom stereocenters. The van der Waals surface area contributed by atoms with Crippen molar-refractivity contribution in [1.82, 2.24) is 0 Å². The van der Waals surface area contributed by atoms with E-state index in [9.17, 15) is 9.59 Å². The molecule has 1 aliphatic carbocycles. The van der Waals surface area contributed by atoms with Gasteiger partial charge in [0.15, 0.2) is 0 Å². The zero-order valence-electron chi connectivity index (χ0n) is 15.4. The average molecular weight is 328 g/mol. The van der Waals surface area contributed by atoms with Gasteiger partial charge < -0.3 is 4.74 Å². The van der Waals surface area contributed by atoms with Crippen molar-refractivity contribution in [3.63, 3.8) is 0 Å². The fraction of sp³-hybridized carbons (Fsp3) is 0.429. The van der Waals surface area contributed by atoms with Crippen molar-refractivity contribution in [2.45, 2.75) is 53.9 Å². The molecule has 0 heterocycles. The van der Waals surface area contributed by atoms with Crippen molar-refractivity contribution in [1.29, 1.82) is 0 Å². The Balaban J connectivity index is 2.75. The fourth-order valence-corrected chi connectivity index (χ4v) is 2.95. The van der Waals surface area contributed by atoms with E-state index in [4.69, 9.17) is 0 Å². The zero-order valence-corrected chi connectivity index (χ0v) is 15.4. The quantitative estimate of drug-likeness (QED) is 0.221. The van der Waals surface area contributed by atoms with Crippen LogP contribution in [0.4, 0.5) is 0 Å². The van der Waals surface area contributed by atoms with E-state index in [2.05, 4.69) is 37.7 Å². The molecule has 1 aliphatic rings. The summed E-state index contributed by atoms with van der Waals surface area (Å²) in [6, 6.07) is 0. The zero-order chi connectivity index (χ0) is 18.2. The number of carbonyl (C=O) groups excluding carboxylic acids is 2. The summed E-state index contributed by atoms with van der Waals surface area (Å²) in [5, 5.41) is 0. The van der Waals surface area contributed by atoms with E-state index in [1.807, 2.05) is 19.1 Å². The van der Waals surface area contributed by atoms with Crippen LogP contribution in [-0.4, -0.2) is 12.4 Å². The van der Waals surface area contributed by atoms with Gasteiger partial charge in [0.05, 0.1) is 0 Å². The van der Waals surface area contributed by atoms with Gasteiger partial charge in [-0.25, -0.2) is 4.79 Å². The monoisotopic (exact) mass is 328 g/mol. The van der Waals surface area contributed by atoms with Crippen LogP contribution in [-0.2, 0) is 14.3 Å². The highest BCUT2D eigenvalue weighted by atomic mass is 16.6. The standard InChI is InChI=1S/C21H28O3/c1-16(8-6-9-17(2)14-20(23)24-15-22)11-12-19-18(3)10-7-13-21(19,4)5/h6,8-9,11-12,14-15H,7,10,13H2,1-5H3/b9-6+,12-11+,16-8+,17-14+. The molecule has 0 aromatic heterocycles. The van der Waals surface area contributed by atoms with Crippen LogP contribution in [0.25, 0.3) is 0 Å². The van der Waals surface area contributed by atoms with Gasteiger partial charge in [-0.3, -0.25) is 4.79 Å². The van der Waals surface area contributed by atoms with E-state index >= 15 is 0 Å². The molecule has 0 saturated heterocycles. The maximum absolute atomic E-state index is 11.1. The lowest BCUT2D eigenvalue weighted by molar-refractivity contribution is -0.147. The van der Waals surface area contributed by atoms with Gasteiger partial charge in [0.25, 0.3) is 0 Å². The lowest BCUT2D eigenvalue weighted by Crippen LogP contribution is -2.19. The molecule has 0 aliphatic heterocycles. The minimum absolute atomic E-state index is 0.133. The number of rotatable bonds is 6. The highest BCUT2D eigenvalue weighted by Gasteiger charge is 2.26. The third-order valence-electron chi connectivity index (χ3n) is 4.28. The predicted molar refractivity (Wildman–Crippen MR) is 98.3 cm³/mol. The molecule has 0 unspecified atom stereocenters. The Morgan fingerprint density at radius 1 is 1.17 bits per heavy atom. The summed E-state index contributed by atoms with van der Waals surface area (Å²) in [5.41, 5.74) is 5.03. The number of esters is 1. The summed E-state index contributed by atoms with van der Waals surface area (Å²) in [4.78, 5) is 21.2. The lowest BCUT2D eigenvalue weighted by Gasteiger charge is -2.32. The van der Waals surface area contributed by atoms with Crippen molar-refractivity contribution in [2.24, 2.45) is 5.41 Å². The molecular formula is C21H28O3. The maximum atomic E-state index is 11.1. The first-order valence-electron chi connectivity index (χ1n) is 8.32. The molecule has 0 N–H and O–H groups in total. The minimum Gasteiger partial charge on any atom is -0.392 e. The normalized spacial score (nSPS) is 19.2. The van der Waals surface area contributed by atoms with Gasteiger partial charge in [-0.1, -0.05) is 55.4 Å². The molecule has 0 bridgehead atoms. The topological polar surface area (TPSA) is 43.4 Å². The van der Waals surface area contributed by atoms with Gasteiger partial charge >= 0.3 is 12.4 Å². The molecule has 0 spiro atoms. The van der Waals surface area contributed by atoms with Crippen LogP contribution in [0.15, 0.2) is 58.7 Å². The van der Waals surface area contributed by atoms with Gasteiger partial charge in [0, 0.05) is 6.08 Å². The lowest BCUT2D eigenvalue weighted by atomic mass is 9.72. The molecule has 0 aromatic carbocycles. The maximum Gasteiger partial charge on any atom is 0.338 e. The first-order valence-corrected chi connectivity index (χ1v) is 8.32. The largest absolute Gasteiger partial charge is 0.392 e. The molecule has 130 valence electrons. The van der Waals surface area contributed by atoms with E-state index in [0.29, 0.717) is 0 Å². The van der Waals surface area contributed by atoms with Gasteiger partial charge in [0.1, 0.15) is 0 Å². The van der Waals surface area contributed by atoms with E-state index in [1.165, 1.54) is 36.5 Å². The van der Waals surface area contributed by atoms with E-state index in [-0.39, 0.29) is 11.9 Å². The molecular weight excluding hydrogens is 300 g/mol. The number of hydrogen-bond donors (Lipinski definition) is 0. The first-order chi connectivity index (χ1) is 11.3. The number of hydrogen-bond acceptors (Lipinski definition) is 3. The van der Waals surface area contributed by atoms with Crippen molar-refractivity contribution in [3.8, 4) is 0 Å². The highest BCUT2D eigenvalue weighted by molar-refractivity contribution is 5.87. The Hall–Kier alpha value is -2.16. The fourth-order valence-electron chi connectivity index (χ4n) is 2.95. The summed E-state index contributed by atoms with van der Waals surface area (Å²) < 4.78 is 4.21. The predicted octanol–water partition coefficient (Wildman–Crippen LogP) is 5.22. The molecule has 0 radical (unpaired) electrons. The van der Waals surface area contributed by atoms with Crippen LogP contribution >= 0.6 is 0 Å². The molecule has 0 fully saturated rings. The van der Waals surface area contributed by atoms with E-state index in [1.54, 1.807) is 13.0 Å². The van der Waals surface area contributed by atoms with E-state index < -0.39 is 5.97 Å². The number of carbonyl (C=O) groups is 2. The highest BCUT2D eigenvalue weighted by Crippen LogP contribution is 2.40. The van der Waals surface area contributed by atoms with Gasteiger partial charge in [-0.2, -0.15) is 0 Å². The Kier molecular flexibility index (Phi) is 7.63. The van der Waals surface area contributed by atoms with Gasteiger partial charge in [-0.05, 0) is 56.6 Å². The molecule has 24 heavy (non-hydrogen) atoms. The summed E-state index contributed by atoms with van der Waals surface area (Å²) in [6.07, 6.45) is 15.0. The second-order valence-corrected chi connectivity index (χ2v) is 6.96. The summed E-state index contributed by atoms with van der Waals surface area (Å²) >= 11 is 0. The van der Waals surface area contributed by atoms with Crippen molar-refractivity contribution >= 4 is 12.4 Å². The molecule has 0 saturated carbocycles. The smallest absolute Gasteiger partial charge is 0.338 e. The van der Waals surface area contributed by atoms with Gasteiger partial charge in [0.2, 0.25) is 0 Å². The minimum atomic E-state index is -0.658. The van der Waals surface area contributed by atoms with Crippen molar-refractivity contribution in [3.05, 3.63) is 58.7 Å². The summed E-state index contributed by atoms with van der Waals surface area (Å²) in [7, 11) is 0. The molecule has 3 nitrogen and oxygen atoms in total. The van der Waals surface area contributed by atoms with Crippen LogP contribution < -0.4 is 0 Å². The molecule has 1 rings (SSSR count). The second-order valence-electron chi connectivity index (χ2n) is 6.96. The van der Waals surface area contributed by atoms with Crippen LogP contribution in [0.3, 0.4) is 0 Å². The van der Waals surface area contributed by atoms with Crippen LogP contribution in [0.1, 0.15) is 53.9 Å². The Labute approximate surface area is 145 Å². The Morgan fingerprint density at radius 2 is 1.88 bits per heavy atom. The number of allylic oxidation sites excluding steroid dienone is 9. The Bertz CT molecular complexity index is 625. The van der Waals surface area contributed by atoms with Crippen LogP contribution in [0.2, 0.25) is 0 Å². The number of ether oxygens (including phenoxy) is 1. The molecule has 0 amide bonds.